The highest BCUT2D eigenvalue weighted by molar-refractivity contribution is 6.00. The zero-order chi connectivity index (χ0) is 15.6. The topological polar surface area (TPSA) is 86.7 Å². The molecule has 1 aromatic rings. The first-order valence-corrected chi connectivity index (χ1v) is 6.78. The van der Waals surface area contributed by atoms with E-state index in [-0.39, 0.29) is 12.3 Å². The molecule has 0 radical (unpaired) electrons. The second kappa shape index (κ2) is 5.95. The molecule has 0 aromatic heterocycles. The molecular weight excluding hydrogens is 272 g/mol. The van der Waals surface area contributed by atoms with Gasteiger partial charge in [-0.2, -0.15) is 0 Å². The van der Waals surface area contributed by atoms with E-state index in [9.17, 15) is 14.4 Å². The first-order valence-electron chi connectivity index (χ1n) is 6.78. The fraction of sp³-hybridized carbons (Fsp3) is 0.400. The quantitative estimate of drug-likeness (QED) is 0.858. The number of aryl methyl sites for hydroxylation is 2. The summed E-state index contributed by atoms with van der Waals surface area (Å²) in [7, 11) is 0. The lowest BCUT2D eigenvalue weighted by molar-refractivity contribution is -0.142. The maximum Gasteiger partial charge on any atom is 0.305 e. The van der Waals surface area contributed by atoms with Crippen LogP contribution in [0.25, 0.3) is 0 Å². The third-order valence-electron chi connectivity index (χ3n) is 3.57. The summed E-state index contributed by atoms with van der Waals surface area (Å²) in [6.45, 7) is 4.42. The van der Waals surface area contributed by atoms with Crippen LogP contribution in [0.3, 0.4) is 0 Å². The number of carboxylic acids is 1. The smallest absolute Gasteiger partial charge is 0.305 e. The molecule has 1 heterocycles. The lowest BCUT2D eigenvalue weighted by atomic mass is 10.0. The number of rotatable bonds is 3. The molecule has 1 atom stereocenters. The largest absolute Gasteiger partial charge is 0.481 e. The zero-order valence-electron chi connectivity index (χ0n) is 12.0. The number of hydrogen-bond acceptors (Lipinski definition) is 3. The van der Waals surface area contributed by atoms with Gasteiger partial charge in [-0.05, 0) is 25.5 Å². The minimum Gasteiger partial charge on any atom is -0.481 e. The predicted octanol–water partition coefficient (Wildman–Crippen LogP) is 0.719. The number of benzene rings is 1. The third-order valence-corrected chi connectivity index (χ3v) is 3.57. The monoisotopic (exact) mass is 290 g/mol. The Balaban J connectivity index is 2.30. The van der Waals surface area contributed by atoms with Crippen LogP contribution >= 0.6 is 0 Å². The fourth-order valence-corrected chi connectivity index (χ4v) is 2.53. The molecule has 1 fully saturated rings. The van der Waals surface area contributed by atoms with Crippen molar-refractivity contribution in [1.29, 1.82) is 0 Å². The molecule has 1 unspecified atom stereocenters. The van der Waals surface area contributed by atoms with Crippen molar-refractivity contribution in [2.75, 3.05) is 13.1 Å². The van der Waals surface area contributed by atoms with Gasteiger partial charge >= 0.3 is 5.97 Å². The van der Waals surface area contributed by atoms with Crippen molar-refractivity contribution < 1.29 is 19.5 Å². The molecule has 112 valence electrons. The number of aliphatic carboxylic acids is 1. The van der Waals surface area contributed by atoms with E-state index in [0.29, 0.717) is 18.7 Å². The van der Waals surface area contributed by atoms with E-state index < -0.39 is 17.9 Å². The number of carboxylic acid groups (broad SMARTS) is 1. The molecule has 6 nitrogen and oxygen atoms in total. The Morgan fingerprint density at radius 3 is 2.71 bits per heavy atom. The van der Waals surface area contributed by atoms with E-state index in [4.69, 9.17) is 5.11 Å². The van der Waals surface area contributed by atoms with Crippen molar-refractivity contribution >= 4 is 17.8 Å². The molecule has 0 saturated carbocycles. The van der Waals surface area contributed by atoms with Gasteiger partial charge in [0.05, 0.1) is 6.42 Å². The van der Waals surface area contributed by atoms with Crippen LogP contribution in [0.5, 0.6) is 0 Å². The van der Waals surface area contributed by atoms with E-state index >= 15 is 0 Å². The molecule has 6 heteroatoms. The normalized spacial score (nSPS) is 18.3. The Hall–Kier alpha value is -2.37. The van der Waals surface area contributed by atoms with Crippen LogP contribution in [0, 0.1) is 13.8 Å². The fourth-order valence-electron chi connectivity index (χ4n) is 2.53. The van der Waals surface area contributed by atoms with Crippen LogP contribution in [-0.4, -0.2) is 46.9 Å². The number of piperazine rings is 1. The number of nitrogens with one attached hydrogen (secondary N) is 1. The van der Waals surface area contributed by atoms with E-state index in [1.165, 1.54) is 4.90 Å². The second-order valence-electron chi connectivity index (χ2n) is 5.22. The van der Waals surface area contributed by atoms with Crippen molar-refractivity contribution in [3.05, 3.63) is 34.9 Å². The van der Waals surface area contributed by atoms with Gasteiger partial charge in [0.15, 0.2) is 0 Å². The number of carbonyl (C=O) groups excluding carboxylic acids is 2. The summed E-state index contributed by atoms with van der Waals surface area (Å²) in [6.07, 6.45) is -0.386. The second-order valence-corrected chi connectivity index (χ2v) is 5.22. The molecule has 0 bridgehead atoms. The molecule has 2 rings (SSSR count). The maximum absolute atomic E-state index is 12.6. The molecule has 2 N–H and O–H groups in total. The van der Waals surface area contributed by atoms with E-state index in [0.717, 1.165) is 11.1 Å². The highest BCUT2D eigenvalue weighted by Gasteiger charge is 2.35. The number of nitrogens with zero attached hydrogens (tertiary/aromatic N) is 1. The zero-order valence-corrected chi connectivity index (χ0v) is 12.0. The van der Waals surface area contributed by atoms with Gasteiger partial charge in [0.1, 0.15) is 6.04 Å². The van der Waals surface area contributed by atoms with Crippen LogP contribution in [0.2, 0.25) is 0 Å². The number of hydrogen-bond donors (Lipinski definition) is 2. The maximum atomic E-state index is 12.6. The van der Waals surface area contributed by atoms with Crippen LogP contribution < -0.4 is 5.32 Å². The number of amides is 2. The molecule has 0 aliphatic carbocycles. The van der Waals surface area contributed by atoms with Crippen LogP contribution in [0.4, 0.5) is 0 Å². The van der Waals surface area contributed by atoms with Crippen molar-refractivity contribution in [2.45, 2.75) is 26.3 Å². The minimum absolute atomic E-state index is 0.298. The average molecular weight is 290 g/mol. The van der Waals surface area contributed by atoms with Gasteiger partial charge in [-0.15, -0.1) is 0 Å². The van der Waals surface area contributed by atoms with Crippen molar-refractivity contribution in [3.8, 4) is 0 Å². The summed E-state index contributed by atoms with van der Waals surface area (Å²) in [5.74, 6) is -1.81. The standard InChI is InChI=1S/C15H18N2O4/c1-9-3-4-11(10(2)7-9)15(21)17-6-5-16-14(20)12(17)8-13(18)19/h3-4,7,12H,5-6,8H2,1-2H3,(H,16,20)(H,18,19). The molecular formula is C15H18N2O4. The Morgan fingerprint density at radius 1 is 1.38 bits per heavy atom. The van der Waals surface area contributed by atoms with Gasteiger partial charge in [0.25, 0.3) is 5.91 Å². The predicted molar refractivity (Wildman–Crippen MR) is 76.0 cm³/mol. The van der Waals surface area contributed by atoms with Gasteiger partial charge in [-0.1, -0.05) is 17.7 Å². The molecule has 0 spiro atoms. The first kappa shape index (κ1) is 15.0. The molecule has 21 heavy (non-hydrogen) atoms. The van der Waals surface area contributed by atoms with E-state index in [2.05, 4.69) is 5.32 Å². The Kier molecular flexibility index (Phi) is 4.26. The third kappa shape index (κ3) is 3.21. The van der Waals surface area contributed by atoms with Crippen LogP contribution in [0.15, 0.2) is 18.2 Å². The van der Waals surface area contributed by atoms with Crippen molar-refractivity contribution in [2.24, 2.45) is 0 Å². The average Bonchev–Trinajstić information content (AvgIpc) is 2.40. The Labute approximate surface area is 122 Å². The summed E-state index contributed by atoms with van der Waals surface area (Å²) in [6, 6.07) is 4.49. The van der Waals surface area contributed by atoms with Gasteiger partial charge in [0, 0.05) is 18.7 Å². The van der Waals surface area contributed by atoms with E-state index in [1.54, 1.807) is 6.07 Å². The van der Waals surface area contributed by atoms with E-state index in [1.807, 2.05) is 26.0 Å². The summed E-state index contributed by atoms with van der Waals surface area (Å²) < 4.78 is 0. The molecule has 1 saturated heterocycles. The van der Waals surface area contributed by atoms with Crippen LogP contribution in [0.1, 0.15) is 27.9 Å². The van der Waals surface area contributed by atoms with Crippen molar-refractivity contribution in [1.82, 2.24) is 10.2 Å². The van der Waals surface area contributed by atoms with Gasteiger partial charge in [-0.3, -0.25) is 14.4 Å². The van der Waals surface area contributed by atoms with Gasteiger partial charge in [-0.25, -0.2) is 0 Å². The lowest BCUT2D eigenvalue weighted by Gasteiger charge is -2.34. The lowest BCUT2D eigenvalue weighted by Crippen LogP contribution is -2.57. The Bertz CT molecular complexity index is 597. The molecule has 2 amide bonds. The highest BCUT2D eigenvalue weighted by atomic mass is 16.4. The molecule has 1 aliphatic rings. The van der Waals surface area contributed by atoms with Crippen LogP contribution in [-0.2, 0) is 9.59 Å². The Morgan fingerprint density at radius 2 is 2.10 bits per heavy atom. The summed E-state index contributed by atoms with van der Waals surface area (Å²) in [5.41, 5.74) is 2.37. The van der Waals surface area contributed by atoms with Gasteiger partial charge < -0.3 is 15.3 Å². The van der Waals surface area contributed by atoms with Crippen molar-refractivity contribution in [3.63, 3.8) is 0 Å². The highest BCUT2D eigenvalue weighted by Crippen LogP contribution is 2.17. The molecule has 1 aromatic carbocycles. The minimum atomic E-state index is -1.10. The van der Waals surface area contributed by atoms with Gasteiger partial charge in [0.2, 0.25) is 5.91 Å². The first-order chi connectivity index (χ1) is 9.90. The summed E-state index contributed by atoms with van der Waals surface area (Å²) in [5, 5.41) is 11.5. The molecule has 1 aliphatic heterocycles. The number of carbonyl (C=O) groups is 3. The summed E-state index contributed by atoms with van der Waals surface area (Å²) in [4.78, 5) is 36.7. The summed E-state index contributed by atoms with van der Waals surface area (Å²) >= 11 is 0. The SMILES string of the molecule is Cc1ccc(C(=O)N2CCNC(=O)C2CC(=O)O)c(C)c1.